The van der Waals surface area contributed by atoms with E-state index in [1.807, 2.05) is 20.8 Å². The molecule has 0 saturated carbocycles. The maximum Gasteiger partial charge on any atom is 0.134 e. The maximum absolute atomic E-state index is 13.1. The van der Waals surface area contributed by atoms with Gasteiger partial charge >= 0.3 is 0 Å². The van der Waals surface area contributed by atoms with Crippen LogP contribution in [0.1, 0.15) is 26.3 Å². The van der Waals surface area contributed by atoms with Gasteiger partial charge in [-0.05, 0) is 44.9 Å². The maximum atomic E-state index is 13.1. The van der Waals surface area contributed by atoms with E-state index in [1.165, 1.54) is 30.3 Å². The molecule has 0 amide bonds. The van der Waals surface area contributed by atoms with Crippen molar-refractivity contribution in [1.82, 2.24) is 0 Å². The van der Waals surface area contributed by atoms with Crippen LogP contribution in [0.25, 0.3) is 0 Å². The van der Waals surface area contributed by atoms with Crippen molar-refractivity contribution in [3.05, 3.63) is 35.4 Å². The SMILES string of the molecule is CC(C)(C)SN=Cc1ccc(F)cc1F. The van der Waals surface area contributed by atoms with Crippen LogP contribution in [0.5, 0.6) is 0 Å². The molecule has 1 rings (SSSR count). The van der Waals surface area contributed by atoms with E-state index in [1.54, 1.807) is 0 Å². The zero-order chi connectivity index (χ0) is 11.5. The molecule has 0 unspecified atom stereocenters. The molecule has 82 valence electrons. The first-order valence-electron chi connectivity index (χ1n) is 4.55. The van der Waals surface area contributed by atoms with Crippen molar-refractivity contribution in [3.63, 3.8) is 0 Å². The summed E-state index contributed by atoms with van der Waals surface area (Å²) in [4.78, 5) is 0. The van der Waals surface area contributed by atoms with Crippen LogP contribution in [0, 0.1) is 11.6 Å². The molecule has 0 heterocycles. The van der Waals surface area contributed by atoms with Crippen LogP contribution in [0.15, 0.2) is 22.6 Å². The Morgan fingerprint density at radius 1 is 1.27 bits per heavy atom. The van der Waals surface area contributed by atoms with Crippen molar-refractivity contribution in [2.75, 3.05) is 0 Å². The molecule has 0 bridgehead atoms. The Kier molecular flexibility index (Phi) is 3.85. The average Bonchev–Trinajstić information content (AvgIpc) is 2.07. The van der Waals surface area contributed by atoms with Gasteiger partial charge in [-0.25, -0.2) is 13.2 Å². The van der Waals surface area contributed by atoms with Gasteiger partial charge in [0.1, 0.15) is 11.6 Å². The fraction of sp³-hybridized carbons (Fsp3) is 0.364. The standard InChI is InChI=1S/C11H13F2NS/c1-11(2,3)15-14-7-8-4-5-9(12)6-10(8)13/h4-7H,1-3H3. The van der Waals surface area contributed by atoms with Crippen LogP contribution in [-0.2, 0) is 0 Å². The molecule has 0 fully saturated rings. The fourth-order valence-electron chi connectivity index (χ4n) is 0.847. The summed E-state index contributed by atoms with van der Waals surface area (Å²) in [6.45, 7) is 6.03. The number of benzene rings is 1. The van der Waals surface area contributed by atoms with Gasteiger partial charge in [0.2, 0.25) is 0 Å². The molecule has 0 saturated heterocycles. The third-order valence-electron chi connectivity index (χ3n) is 1.48. The normalized spacial score (nSPS) is 12.3. The molecular weight excluding hydrogens is 216 g/mol. The van der Waals surface area contributed by atoms with E-state index in [2.05, 4.69) is 4.40 Å². The highest BCUT2D eigenvalue weighted by Crippen LogP contribution is 2.24. The monoisotopic (exact) mass is 229 g/mol. The summed E-state index contributed by atoms with van der Waals surface area (Å²) in [5, 5.41) is 0. The smallest absolute Gasteiger partial charge is 0.134 e. The van der Waals surface area contributed by atoms with E-state index in [9.17, 15) is 8.78 Å². The highest BCUT2D eigenvalue weighted by atomic mass is 32.2. The molecule has 0 aliphatic carbocycles. The summed E-state index contributed by atoms with van der Waals surface area (Å²) in [6.07, 6.45) is 1.41. The lowest BCUT2D eigenvalue weighted by Gasteiger charge is -2.12. The van der Waals surface area contributed by atoms with E-state index in [0.717, 1.165) is 6.07 Å². The molecule has 15 heavy (non-hydrogen) atoms. The highest BCUT2D eigenvalue weighted by molar-refractivity contribution is 7.99. The first-order valence-corrected chi connectivity index (χ1v) is 5.32. The van der Waals surface area contributed by atoms with Gasteiger partial charge in [-0.15, -0.1) is 0 Å². The molecular formula is C11H13F2NS. The Labute approximate surface area is 92.7 Å². The number of halogens is 2. The predicted molar refractivity (Wildman–Crippen MR) is 61.3 cm³/mol. The second-order valence-corrected chi connectivity index (χ2v) is 5.72. The van der Waals surface area contributed by atoms with Crippen LogP contribution in [0.4, 0.5) is 8.78 Å². The number of hydrogen-bond acceptors (Lipinski definition) is 2. The Morgan fingerprint density at radius 2 is 1.93 bits per heavy atom. The summed E-state index contributed by atoms with van der Waals surface area (Å²) >= 11 is 1.35. The van der Waals surface area contributed by atoms with Gasteiger partial charge in [-0.2, -0.15) is 0 Å². The molecule has 4 heteroatoms. The first kappa shape index (κ1) is 12.2. The average molecular weight is 229 g/mol. The minimum atomic E-state index is -0.590. The van der Waals surface area contributed by atoms with Gasteiger partial charge in [0.05, 0.1) is 0 Å². The van der Waals surface area contributed by atoms with Gasteiger partial charge in [-0.1, -0.05) is 0 Å². The lowest BCUT2D eigenvalue weighted by Crippen LogP contribution is -2.05. The largest absolute Gasteiger partial charge is 0.223 e. The molecule has 0 aliphatic heterocycles. The van der Waals surface area contributed by atoms with E-state index >= 15 is 0 Å². The van der Waals surface area contributed by atoms with Crippen molar-refractivity contribution in [2.45, 2.75) is 25.5 Å². The number of rotatable bonds is 2. The third kappa shape index (κ3) is 4.42. The quantitative estimate of drug-likeness (QED) is 0.554. The van der Waals surface area contributed by atoms with Gasteiger partial charge < -0.3 is 0 Å². The summed E-state index contributed by atoms with van der Waals surface area (Å²) in [7, 11) is 0. The Morgan fingerprint density at radius 3 is 2.47 bits per heavy atom. The topological polar surface area (TPSA) is 12.4 Å². The van der Waals surface area contributed by atoms with Crippen molar-refractivity contribution in [1.29, 1.82) is 0 Å². The molecule has 0 aliphatic rings. The van der Waals surface area contributed by atoms with E-state index < -0.39 is 11.6 Å². The molecule has 1 aromatic rings. The second-order valence-electron chi connectivity index (χ2n) is 4.10. The van der Waals surface area contributed by atoms with E-state index in [4.69, 9.17) is 0 Å². The molecule has 0 spiro atoms. The first-order chi connectivity index (χ1) is 6.88. The molecule has 0 radical (unpaired) electrons. The lowest BCUT2D eigenvalue weighted by atomic mass is 10.2. The van der Waals surface area contributed by atoms with Crippen molar-refractivity contribution < 1.29 is 8.78 Å². The summed E-state index contributed by atoms with van der Waals surface area (Å²) in [5.74, 6) is -1.17. The van der Waals surface area contributed by atoms with Crippen LogP contribution >= 0.6 is 11.9 Å². The fourth-order valence-corrected chi connectivity index (χ4v) is 1.33. The molecule has 0 aromatic heterocycles. The summed E-state index contributed by atoms with van der Waals surface area (Å²) in [5.41, 5.74) is 0.299. The van der Waals surface area contributed by atoms with Gasteiger partial charge in [0.15, 0.2) is 0 Å². The Hall–Kier alpha value is -0.900. The van der Waals surface area contributed by atoms with Gasteiger partial charge in [-0.3, -0.25) is 0 Å². The highest BCUT2D eigenvalue weighted by Gasteiger charge is 2.09. The molecule has 0 atom stereocenters. The van der Waals surface area contributed by atoms with Crippen LogP contribution in [0.3, 0.4) is 0 Å². The summed E-state index contributed by atoms with van der Waals surface area (Å²) in [6, 6.07) is 3.44. The summed E-state index contributed by atoms with van der Waals surface area (Å²) < 4.78 is 29.7. The van der Waals surface area contributed by atoms with Crippen molar-refractivity contribution >= 4 is 18.2 Å². The molecule has 1 nitrogen and oxygen atoms in total. The van der Waals surface area contributed by atoms with Crippen LogP contribution in [0.2, 0.25) is 0 Å². The van der Waals surface area contributed by atoms with E-state index in [0.29, 0.717) is 5.56 Å². The van der Waals surface area contributed by atoms with Gasteiger partial charge in [0.25, 0.3) is 0 Å². The number of hydrogen-bond donors (Lipinski definition) is 0. The predicted octanol–water partition coefficient (Wildman–Crippen LogP) is 3.83. The zero-order valence-corrected chi connectivity index (χ0v) is 9.74. The molecule has 1 aromatic carbocycles. The molecule has 0 N–H and O–H groups in total. The zero-order valence-electron chi connectivity index (χ0n) is 8.92. The van der Waals surface area contributed by atoms with Crippen molar-refractivity contribution in [2.24, 2.45) is 4.40 Å². The van der Waals surface area contributed by atoms with E-state index in [-0.39, 0.29) is 4.75 Å². The third-order valence-corrected chi connectivity index (χ3v) is 2.24. The lowest BCUT2D eigenvalue weighted by molar-refractivity contribution is 0.582. The second kappa shape index (κ2) is 4.75. The minimum absolute atomic E-state index is 0.00694. The van der Waals surface area contributed by atoms with Crippen LogP contribution in [-0.4, -0.2) is 11.0 Å². The Balaban J connectivity index is 2.73. The number of nitrogens with zero attached hydrogens (tertiary/aromatic N) is 1. The Bertz CT molecular complexity index is 369. The van der Waals surface area contributed by atoms with Crippen LogP contribution < -0.4 is 0 Å². The van der Waals surface area contributed by atoms with Crippen molar-refractivity contribution in [3.8, 4) is 0 Å². The minimum Gasteiger partial charge on any atom is -0.223 e. The van der Waals surface area contributed by atoms with Gasteiger partial charge in [0, 0.05) is 22.6 Å².